The maximum Gasteiger partial charge on any atom is 0.481 e. The third-order valence-electron chi connectivity index (χ3n) is 13.3. The van der Waals surface area contributed by atoms with Crippen molar-refractivity contribution in [3.8, 4) is 0 Å². The number of nitrogens with one attached hydrogen (secondary N) is 4. The number of ether oxygens (including phenoxy) is 2. The van der Waals surface area contributed by atoms with Crippen LogP contribution in [0.1, 0.15) is 53.0 Å². The maximum atomic E-state index is 12.8. The van der Waals surface area contributed by atoms with Gasteiger partial charge in [-0.15, -0.1) is 0 Å². The van der Waals surface area contributed by atoms with Crippen LogP contribution in [0.5, 0.6) is 0 Å². The number of hydrogen-bond acceptors (Lipinski definition) is 34. The minimum atomic E-state index is -5.65. The maximum absolute atomic E-state index is 12.8. The van der Waals surface area contributed by atoms with Gasteiger partial charge >= 0.3 is 46.9 Å². The minimum Gasteiger partial charge on any atom is -0.386 e. The van der Waals surface area contributed by atoms with Crippen LogP contribution in [0.3, 0.4) is 0 Å². The van der Waals surface area contributed by atoms with E-state index in [4.69, 9.17) is 39.0 Å². The quantitative estimate of drug-likeness (QED) is 0.0122. The van der Waals surface area contributed by atoms with Crippen LogP contribution < -0.4 is 32.7 Å². The molecule has 6 rings (SSSR count). The van der Waals surface area contributed by atoms with Gasteiger partial charge in [0.15, 0.2) is 35.4 Å². The number of nitrogens with two attached hydrogens (primary N) is 2. The Labute approximate surface area is 549 Å². The van der Waals surface area contributed by atoms with Gasteiger partial charge in [0.25, 0.3) is 0 Å². The highest BCUT2D eigenvalue weighted by molar-refractivity contribution is 8.76. The highest BCUT2D eigenvalue weighted by Crippen LogP contribution is 2.63. The summed E-state index contributed by atoms with van der Waals surface area (Å²) in [7, 11) is -30.6. The molecule has 4 aromatic rings. The first-order valence-electron chi connectivity index (χ1n) is 27.4. The average molecular weight is 1530 g/mol. The van der Waals surface area contributed by atoms with Crippen molar-refractivity contribution in [1.82, 2.24) is 60.3 Å². The molecule has 54 heteroatoms. The summed E-state index contributed by atoms with van der Waals surface area (Å²) in [4.78, 5) is 153. The van der Waals surface area contributed by atoms with E-state index in [1.54, 1.807) is 0 Å². The van der Waals surface area contributed by atoms with Gasteiger partial charge in [-0.25, -0.2) is 57.3 Å². The zero-order chi connectivity index (χ0) is 71.6. The Bertz CT molecular complexity index is 3450. The number of imidazole rings is 2. The second kappa shape index (κ2) is 33.5. The predicted molar refractivity (Wildman–Crippen MR) is 324 cm³/mol. The summed E-state index contributed by atoms with van der Waals surface area (Å²) in [5.74, 6) is -2.44. The highest BCUT2D eigenvalue weighted by Gasteiger charge is 2.52. The molecule has 6 unspecified atom stereocenters. The molecule has 96 heavy (non-hydrogen) atoms. The third-order valence-corrected chi connectivity index (χ3v) is 21.9. The summed E-state index contributed by atoms with van der Waals surface area (Å²) in [6, 6.07) is 0. The molecule has 4 aromatic heterocycles. The fourth-order valence-corrected chi connectivity index (χ4v) is 15.9. The Morgan fingerprint density at radius 2 is 0.896 bits per heavy atom. The van der Waals surface area contributed by atoms with E-state index in [0.717, 1.165) is 34.4 Å². The van der Waals surface area contributed by atoms with E-state index in [-0.39, 0.29) is 73.0 Å². The molecule has 542 valence electrons. The number of carbonyl (C=O) groups excluding carboxylic acids is 4. The van der Waals surface area contributed by atoms with Crippen molar-refractivity contribution < 1.29 is 151 Å². The molecule has 2 aliphatic rings. The van der Waals surface area contributed by atoms with Crippen LogP contribution in [0.25, 0.3) is 22.3 Å². The first-order valence-corrected chi connectivity index (χ1v) is 39.0. The van der Waals surface area contributed by atoms with E-state index in [0.29, 0.717) is 11.5 Å². The van der Waals surface area contributed by atoms with Crippen molar-refractivity contribution in [1.29, 1.82) is 0 Å². The molecule has 0 radical (unpaired) electrons. The number of phosphoric ester groups is 6. The lowest BCUT2D eigenvalue weighted by molar-refractivity contribution is -0.137. The number of aromatic nitrogens is 8. The summed E-state index contributed by atoms with van der Waals surface area (Å²) >= 11 is 0. The second-order valence-electron chi connectivity index (χ2n) is 21.8. The fraction of sp³-hybridized carbons (Fsp3) is 0.667. The predicted octanol–water partition coefficient (Wildman–Crippen LogP) is -2.80. The number of anilines is 2. The Morgan fingerprint density at radius 3 is 1.24 bits per heavy atom. The molecule has 14 atom stereocenters. The molecule has 0 spiro atoms. The standard InChI is InChI=1S/C42H70N14O32P6S2/c1-41(2,15-81-93(75,76)87-91(71,72)79-13-21-29(85-89(65,66)67)27(59)39(83-21)55-19-53-25-33(43)49-17-51-35(25)55)31(61)37(63)47-7-5-23(57)45-9-11-95-96-12-10-46-24(58)6-8-48-38(64)32(62)42(3,4)16-82-94(77,78)88-92(73,74)80-14-22-30(86-90(68,69)70)28(60)40(84-22)56-20-54-26-34(44)50-18-52-36(26)56/h17-22,27-32,39-40,59-62H,5-16H2,1-4H3,(H,45,57)(H,46,58)(H,47,63)(H,48,64)(H,71,72)(H,73,74)(H,75,76)(H,77,78)(H2,43,49,51)(H2,44,50,52)(H2,65,66,67)(H2,68,69,70)/t21-,22-,27?,28?,29+,30+,31+,32+,39-,40-/m1/s1. The van der Waals surface area contributed by atoms with Crippen molar-refractivity contribution in [3.63, 3.8) is 0 Å². The van der Waals surface area contributed by atoms with Crippen LogP contribution in [-0.2, 0) is 91.8 Å². The van der Waals surface area contributed by atoms with E-state index >= 15 is 0 Å². The Morgan fingerprint density at radius 1 is 0.552 bits per heavy atom. The van der Waals surface area contributed by atoms with Crippen LogP contribution >= 0.6 is 68.5 Å². The average Bonchev–Trinajstić information content (AvgIpc) is 1.62. The Hall–Kier alpha value is -4.22. The molecule has 2 aliphatic heterocycles. The number of nitrogens with zero attached hydrogens (tertiary/aromatic N) is 8. The molecule has 0 bridgehead atoms. The summed E-state index contributed by atoms with van der Waals surface area (Å²) in [6.45, 7) is 0.354. The smallest absolute Gasteiger partial charge is 0.386 e. The number of carbonyl (C=O) groups is 4. The monoisotopic (exact) mass is 1530 g/mol. The summed E-state index contributed by atoms with van der Waals surface area (Å²) in [5.41, 5.74) is 8.26. The van der Waals surface area contributed by atoms with E-state index in [1.165, 1.54) is 49.3 Å². The van der Waals surface area contributed by atoms with Gasteiger partial charge in [0.05, 0.1) is 39.1 Å². The molecule has 46 nitrogen and oxygen atoms in total. The molecular weight excluding hydrogens is 1460 g/mol. The van der Waals surface area contributed by atoms with Crippen molar-refractivity contribution in [2.75, 3.05) is 75.6 Å². The number of fused-ring (bicyclic) bond motifs is 2. The lowest BCUT2D eigenvalue weighted by atomic mass is 9.87. The summed E-state index contributed by atoms with van der Waals surface area (Å²) < 4.78 is 125. The first kappa shape index (κ1) is 80.8. The summed E-state index contributed by atoms with van der Waals surface area (Å²) in [5, 5.41) is 53.2. The van der Waals surface area contributed by atoms with Gasteiger partial charge in [-0.3, -0.25) is 55.5 Å². The SMILES string of the molecule is CC(C)(COP(=O)(O)OP(=O)(O)OC[C@H]1O[C@@H](n2cnc3c(N)ncnc32)C(O)[C@H]1OP(=O)(O)O)[C@@H](O)C(=O)NCCC(=O)NCCSSCCNC(=O)CCNC(=O)[C@H](O)C(C)(C)COP(=O)(O)OP(=O)(O)OC[C@H]1O[C@@H](n2cnc3c(N)ncnc32)C(O)[C@H]1OP(=O)(O)O. The molecule has 0 aliphatic carbocycles. The number of amides is 4. The number of rotatable bonds is 39. The first-order chi connectivity index (χ1) is 44.4. The molecular formula is C42H70N14O32P6S2. The van der Waals surface area contributed by atoms with Gasteiger partial charge in [0.2, 0.25) is 23.6 Å². The number of aliphatic hydroxyl groups is 4. The lowest BCUT2D eigenvalue weighted by Crippen LogP contribution is -2.46. The van der Waals surface area contributed by atoms with Gasteiger partial charge in [-0.05, 0) is 0 Å². The van der Waals surface area contributed by atoms with Gasteiger partial charge in [0, 0.05) is 61.4 Å². The fourth-order valence-electron chi connectivity index (χ4n) is 8.46. The normalized spacial score (nSPS) is 23.5. The molecule has 4 amide bonds. The van der Waals surface area contributed by atoms with Gasteiger partial charge in [-0.1, -0.05) is 49.3 Å². The zero-order valence-electron chi connectivity index (χ0n) is 50.3. The Kier molecular flexibility index (Phi) is 28.2. The van der Waals surface area contributed by atoms with Crippen molar-refractivity contribution in [3.05, 3.63) is 25.3 Å². The van der Waals surface area contributed by atoms with E-state index in [1.807, 2.05) is 0 Å². The summed E-state index contributed by atoms with van der Waals surface area (Å²) in [6.07, 6.45) is -14.6. The van der Waals surface area contributed by atoms with Gasteiger partial charge in [0.1, 0.15) is 72.5 Å². The van der Waals surface area contributed by atoms with Crippen molar-refractivity contribution >= 4 is 126 Å². The van der Waals surface area contributed by atoms with E-state index in [2.05, 4.69) is 68.8 Å². The van der Waals surface area contributed by atoms with Gasteiger partial charge < -0.3 is 102 Å². The zero-order valence-corrected chi connectivity index (χ0v) is 57.3. The second-order valence-corrected chi connectivity index (χ2v) is 33.0. The van der Waals surface area contributed by atoms with Crippen LogP contribution in [0.15, 0.2) is 25.3 Å². The molecule has 0 saturated carbocycles. The molecule has 2 fully saturated rings. The van der Waals surface area contributed by atoms with Crippen molar-refractivity contribution in [2.45, 2.75) is 102 Å². The third kappa shape index (κ3) is 23.7. The topological polar surface area (TPSA) is 693 Å². The number of hydrogen-bond donors (Lipinski definition) is 18. The van der Waals surface area contributed by atoms with Crippen LogP contribution in [0.2, 0.25) is 0 Å². The van der Waals surface area contributed by atoms with E-state index in [9.17, 15) is 106 Å². The largest absolute Gasteiger partial charge is 0.481 e. The van der Waals surface area contributed by atoms with Crippen LogP contribution in [-0.4, -0.2) is 235 Å². The Balaban J connectivity index is 0.798. The van der Waals surface area contributed by atoms with Crippen LogP contribution in [0.4, 0.5) is 11.6 Å². The molecule has 0 aromatic carbocycles. The molecule has 6 heterocycles. The number of phosphoric acid groups is 6. The number of nitrogen functional groups attached to an aromatic ring is 2. The van der Waals surface area contributed by atoms with Gasteiger partial charge in [-0.2, -0.15) is 8.62 Å². The van der Waals surface area contributed by atoms with E-state index < -0.39 is 169 Å². The highest BCUT2D eigenvalue weighted by atomic mass is 33.1. The number of aliphatic hydroxyl groups excluding tert-OH is 4. The minimum absolute atomic E-state index is 0.00411. The molecule has 2 saturated heterocycles. The molecule has 20 N–H and O–H groups in total. The van der Waals surface area contributed by atoms with Crippen LogP contribution in [0, 0.1) is 10.8 Å². The van der Waals surface area contributed by atoms with Crippen molar-refractivity contribution in [2.24, 2.45) is 10.8 Å². The lowest BCUT2D eigenvalue weighted by Gasteiger charge is -2.30.